The Morgan fingerprint density at radius 2 is 1.39 bits per heavy atom. The molecule has 1 N–H and O–H groups in total. The summed E-state index contributed by atoms with van der Waals surface area (Å²) in [7, 11) is 0. The summed E-state index contributed by atoms with van der Waals surface area (Å²) in [5, 5.41) is 14.7. The monoisotopic (exact) mass is 653 g/mol. The molecule has 5 rings (SSSR count). The summed E-state index contributed by atoms with van der Waals surface area (Å²) in [5.74, 6) is 0.479. The van der Waals surface area contributed by atoms with Gasteiger partial charge in [-0.3, -0.25) is 4.79 Å². The van der Waals surface area contributed by atoms with Gasteiger partial charge in [-0.2, -0.15) is 5.11 Å². The van der Waals surface area contributed by atoms with E-state index in [2.05, 4.69) is 53.3 Å². The molecular weight excluding hydrogens is 610 g/mol. The average molecular weight is 654 g/mol. The maximum absolute atomic E-state index is 13.0. The molecule has 0 bridgehead atoms. The third kappa shape index (κ3) is 10.5. The molecule has 0 spiro atoms. The standard InChI is InChI=1S/C42H43N3O4/c1-30(2)42(47)49-27-9-5-4-8-26-48-36-22-18-34(19-23-36)41(46)28-32-14-16-33(17-15-32)29-43-39-24-25-40(38-11-7-6-10-37(38)39)45-44-35-20-12-31(3)13-21-35/h6-7,10-25,43H,1,4-5,8-9,26-29H2,2-3H3. The number of azo groups is 1. The first kappa shape index (κ1) is 34.8. The first-order valence-electron chi connectivity index (χ1n) is 16.8. The van der Waals surface area contributed by atoms with Crippen LogP contribution in [0.3, 0.4) is 0 Å². The van der Waals surface area contributed by atoms with E-state index in [0.29, 0.717) is 37.3 Å². The summed E-state index contributed by atoms with van der Waals surface area (Å²) < 4.78 is 10.9. The van der Waals surface area contributed by atoms with Crippen molar-refractivity contribution < 1.29 is 19.1 Å². The lowest BCUT2D eigenvalue weighted by atomic mass is 10.0. The highest BCUT2D eigenvalue weighted by Crippen LogP contribution is 2.33. The quantitative estimate of drug-likeness (QED) is 0.0355. The topological polar surface area (TPSA) is 89.3 Å². The van der Waals surface area contributed by atoms with E-state index in [-0.39, 0.29) is 11.8 Å². The Balaban J connectivity index is 1.06. The van der Waals surface area contributed by atoms with Crippen LogP contribution < -0.4 is 10.1 Å². The van der Waals surface area contributed by atoms with Crippen LogP contribution in [0.15, 0.2) is 132 Å². The van der Waals surface area contributed by atoms with E-state index in [0.717, 1.165) is 70.4 Å². The van der Waals surface area contributed by atoms with Gasteiger partial charge in [0, 0.05) is 40.6 Å². The van der Waals surface area contributed by atoms with Crippen LogP contribution in [-0.4, -0.2) is 25.0 Å². The Bertz CT molecular complexity index is 1900. The summed E-state index contributed by atoms with van der Waals surface area (Å²) in [6.45, 7) is 8.94. The number of esters is 1. The molecule has 0 unspecified atom stereocenters. The Morgan fingerprint density at radius 1 is 0.714 bits per heavy atom. The molecule has 0 aliphatic carbocycles. The Morgan fingerprint density at radius 3 is 2.10 bits per heavy atom. The second-order valence-corrected chi connectivity index (χ2v) is 12.2. The van der Waals surface area contributed by atoms with Gasteiger partial charge in [-0.15, -0.1) is 5.11 Å². The number of Topliss-reactive ketones (excluding diaryl/α,β-unsaturated/α-hetero) is 1. The molecule has 0 aliphatic heterocycles. The highest BCUT2D eigenvalue weighted by molar-refractivity contribution is 6.01. The van der Waals surface area contributed by atoms with Crippen molar-refractivity contribution >= 4 is 39.6 Å². The number of benzene rings is 5. The van der Waals surface area contributed by atoms with Crippen molar-refractivity contribution in [2.24, 2.45) is 10.2 Å². The van der Waals surface area contributed by atoms with Crippen LogP contribution in [0.2, 0.25) is 0 Å². The molecular formula is C42H43N3O4. The predicted molar refractivity (Wildman–Crippen MR) is 197 cm³/mol. The molecule has 250 valence electrons. The van der Waals surface area contributed by atoms with Crippen molar-refractivity contribution in [3.05, 3.63) is 144 Å². The molecule has 0 heterocycles. The minimum Gasteiger partial charge on any atom is -0.494 e. The average Bonchev–Trinajstić information content (AvgIpc) is 3.12. The first-order valence-corrected chi connectivity index (χ1v) is 16.8. The van der Waals surface area contributed by atoms with Crippen molar-refractivity contribution in [1.29, 1.82) is 0 Å². The lowest BCUT2D eigenvalue weighted by molar-refractivity contribution is -0.139. The second kappa shape index (κ2) is 17.6. The molecule has 0 radical (unpaired) electrons. The number of carbonyl (C=O) groups is 2. The highest BCUT2D eigenvalue weighted by atomic mass is 16.5. The van der Waals surface area contributed by atoms with Gasteiger partial charge < -0.3 is 14.8 Å². The number of aryl methyl sites for hydroxylation is 1. The summed E-state index contributed by atoms with van der Waals surface area (Å²) in [4.78, 5) is 24.4. The van der Waals surface area contributed by atoms with Crippen LogP contribution in [0.1, 0.15) is 59.7 Å². The SMILES string of the molecule is C=C(C)C(=O)OCCCCCCOc1ccc(C(=O)Cc2ccc(CNc3ccc(N=Nc4ccc(C)cc4)c4ccccc34)cc2)cc1. The zero-order valence-electron chi connectivity index (χ0n) is 28.3. The van der Waals surface area contributed by atoms with Crippen molar-refractivity contribution in [3.8, 4) is 5.75 Å². The molecule has 0 aliphatic rings. The van der Waals surface area contributed by atoms with Crippen LogP contribution in [0.25, 0.3) is 10.8 Å². The van der Waals surface area contributed by atoms with E-state index in [1.54, 1.807) is 6.92 Å². The fourth-order valence-corrected chi connectivity index (χ4v) is 5.28. The van der Waals surface area contributed by atoms with E-state index >= 15 is 0 Å². The number of fused-ring (bicyclic) bond motifs is 1. The maximum atomic E-state index is 13.0. The van der Waals surface area contributed by atoms with Crippen LogP contribution in [0, 0.1) is 6.92 Å². The highest BCUT2D eigenvalue weighted by Gasteiger charge is 2.09. The van der Waals surface area contributed by atoms with Crippen molar-refractivity contribution in [2.45, 2.75) is 52.5 Å². The van der Waals surface area contributed by atoms with E-state index in [9.17, 15) is 9.59 Å². The zero-order valence-corrected chi connectivity index (χ0v) is 28.3. The number of unbranched alkanes of at least 4 members (excludes halogenated alkanes) is 3. The van der Waals surface area contributed by atoms with E-state index in [1.165, 1.54) is 5.56 Å². The van der Waals surface area contributed by atoms with Crippen LogP contribution in [-0.2, 0) is 22.5 Å². The first-order chi connectivity index (χ1) is 23.9. The number of rotatable bonds is 17. The predicted octanol–water partition coefficient (Wildman–Crippen LogP) is 10.7. The van der Waals surface area contributed by atoms with E-state index in [1.807, 2.05) is 84.9 Å². The molecule has 0 saturated heterocycles. The number of nitrogens with zero attached hydrogens (tertiary/aromatic N) is 2. The third-order valence-electron chi connectivity index (χ3n) is 8.14. The maximum Gasteiger partial charge on any atom is 0.333 e. The van der Waals surface area contributed by atoms with Gasteiger partial charge in [-0.05, 0) is 99.2 Å². The third-order valence-corrected chi connectivity index (χ3v) is 8.14. The Labute approximate surface area is 288 Å². The molecule has 0 amide bonds. The van der Waals surface area contributed by atoms with Crippen LogP contribution >= 0.6 is 0 Å². The largest absolute Gasteiger partial charge is 0.494 e. The summed E-state index contributed by atoms with van der Waals surface area (Å²) in [6, 6.07) is 35.7. The minimum absolute atomic E-state index is 0.0656. The molecule has 7 heteroatoms. The fourth-order valence-electron chi connectivity index (χ4n) is 5.28. The molecule has 0 atom stereocenters. The number of carbonyl (C=O) groups excluding carboxylic acids is 2. The lowest BCUT2D eigenvalue weighted by Gasteiger charge is -2.12. The summed E-state index contributed by atoms with van der Waals surface area (Å²) >= 11 is 0. The molecule has 0 aromatic heterocycles. The molecule has 0 fully saturated rings. The van der Waals surface area contributed by atoms with Gasteiger partial charge in [0.2, 0.25) is 0 Å². The van der Waals surface area contributed by atoms with Crippen molar-refractivity contribution in [3.63, 3.8) is 0 Å². The number of ether oxygens (including phenoxy) is 2. The van der Waals surface area contributed by atoms with Crippen molar-refractivity contribution in [1.82, 2.24) is 0 Å². The summed E-state index contributed by atoms with van der Waals surface area (Å²) in [5.41, 5.74) is 7.03. The number of anilines is 1. The second-order valence-electron chi connectivity index (χ2n) is 12.2. The Kier molecular flexibility index (Phi) is 12.5. The zero-order chi connectivity index (χ0) is 34.4. The van der Waals surface area contributed by atoms with Crippen molar-refractivity contribution in [2.75, 3.05) is 18.5 Å². The van der Waals surface area contributed by atoms with Gasteiger partial charge in [-0.1, -0.05) is 72.8 Å². The van der Waals surface area contributed by atoms with Gasteiger partial charge in [0.05, 0.1) is 24.6 Å². The van der Waals surface area contributed by atoms with Crippen LogP contribution in [0.5, 0.6) is 5.75 Å². The normalized spacial score (nSPS) is 11.1. The van der Waals surface area contributed by atoms with E-state index in [4.69, 9.17) is 9.47 Å². The lowest BCUT2D eigenvalue weighted by Crippen LogP contribution is -2.06. The minimum atomic E-state index is -0.335. The Hall–Kier alpha value is -5.56. The molecule has 7 nitrogen and oxygen atoms in total. The van der Waals surface area contributed by atoms with Gasteiger partial charge in [0.25, 0.3) is 0 Å². The number of hydrogen-bond donors (Lipinski definition) is 1. The van der Waals surface area contributed by atoms with Gasteiger partial charge in [0.1, 0.15) is 5.75 Å². The number of ketones is 1. The smallest absolute Gasteiger partial charge is 0.333 e. The molecule has 5 aromatic rings. The molecule has 49 heavy (non-hydrogen) atoms. The summed E-state index contributed by atoms with van der Waals surface area (Å²) in [6.07, 6.45) is 4.02. The fraction of sp³-hybridized carbons (Fsp3) is 0.238. The molecule has 5 aromatic carbocycles. The van der Waals surface area contributed by atoms with Gasteiger partial charge in [-0.25, -0.2) is 4.79 Å². The van der Waals surface area contributed by atoms with E-state index < -0.39 is 0 Å². The van der Waals surface area contributed by atoms with Gasteiger partial charge in [0.15, 0.2) is 5.78 Å². The number of hydrogen-bond acceptors (Lipinski definition) is 7. The number of nitrogens with one attached hydrogen (secondary N) is 1. The van der Waals surface area contributed by atoms with Gasteiger partial charge >= 0.3 is 5.97 Å². The molecule has 0 saturated carbocycles. The van der Waals surface area contributed by atoms with Crippen LogP contribution in [0.4, 0.5) is 17.1 Å².